The maximum Gasteiger partial charge on any atom is 0.326 e. The number of nitrogens with one attached hydrogen (secondary N) is 2. The minimum atomic E-state index is -1.05. The molecule has 1 atom stereocenters. The van der Waals surface area contributed by atoms with Crippen LogP contribution in [0.2, 0.25) is 0 Å². The van der Waals surface area contributed by atoms with E-state index in [-0.39, 0.29) is 17.7 Å². The van der Waals surface area contributed by atoms with Gasteiger partial charge in [0.25, 0.3) is 5.91 Å². The summed E-state index contributed by atoms with van der Waals surface area (Å²) in [6.07, 6.45) is 3.47. The van der Waals surface area contributed by atoms with Crippen molar-refractivity contribution in [3.8, 4) is 0 Å². The van der Waals surface area contributed by atoms with E-state index in [9.17, 15) is 9.59 Å². The van der Waals surface area contributed by atoms with Gasteiger partial charge >= 0.3 is 5.97 Å². The van der Waals surface area contributed by atoms with Gasteiger partial charge in [-0.25, -0.2) is 9.48 Å². The van der Waals surface area contributed by atoms with Crippen molar-refractivity contribution in [2.24, 2.45) is 5.92 Å². The number of aromatic nitrogens is 3. The van der Waals surface area contributed by atoms with Crippen molar-refractivity contribution in [3.05, 3.63) is 11.9 Å². The summed E-state index contributed by atoms with van der Waals surface area (Å²) in [4.78, 5) is 23.2. The van der Waals surface area contributed by atoms with Crippen LogP contribution >= 0.6 is 0 Å². The van der Waals surface area contributed by atoms with E-state index < -0.39 is 17.9 Å². The number of carbonyl (C=O) groups is 2. The lowest BCUT2D eigenvalue weighted by Crippen LogP contribution is -2.44. The highest BCUT2D eigenvalue weighted by atomic mass is 16.4. The van der Waals surface area contributed by atoms with Gasteiger partial charge in [-0.15, -0.1) is 5.10 Å². The third kappa shape index (κ3) is 3.78. The third-order valence-electron chi connectivity index (χ3n) is 3.65. The van der Waals surface area contributed by atoms with Crippen molar-refractivity contribution in [3.63, 3.8) is 0 Å². The molecule has 1 saturated heterocycles. The number of amides is 1. The molecule has 1 aromatic heterocycles. The molecule has 0 radical (unpaired) electrons. The molecule has 8 nitrogen and oxygen atoms in total. The lowest BCUT2D eigenvalue weighted by Gasteiger charge is -2.22. The number of rotatable bonds is 5. The van der Waals surface area contributed by atoms with Gasteiger partial charge < -0.3 is 15.7 Å². The monoisotopic (exact) mass is 295 g/mol. The van der Waals surface area contributed by atoms with Crippen molar-refractivity contribution in [1.29, 1.82) is 0 Å². The van der Waals surface area contributed by atoms with Gasteiger partial charge in [0.1, 0.15) is 6.04 Å². The second-order valence-electron chi connectivity index (χ2n) is 5.60. The van der Waals surface area contributed by atoms with Crippen LogP contribution in [0.1, 0.15) is 43.2 Å². The van der Waals surface area contributed by atoms with Crippen LogP contribution in [0.4, 0.5) is 0 Å². The van der Waals surface area contributed by atoms with Gasteiger partial charge in [-0.2, -0.15) is 0 Å². The Bertz CT molecular complexity index is 508. The Labute approximate surface area is 122 Å². The summed E-state index contributed by atoms with van der Waals surface area (Å²) < 4.78 is 1.70. The zero-order valence-electron chi connectivity index (χ0n) is 12.2. The highest BCUT2D eigenvalue weighted by Crippen LogP contribution is 2.17. The van der Waals surface area contributed by atoms with Crippen LogP contribution in [-0.4, -0.2) is 51.1 Å². The summed E-state index contributed by atoms with van der Waals surface area (Å²) >= 11 is 0. The van der Waals surface area contributed by atoms with Crippen LogP contribution in [0.25, 0.3) is 0 Å². The van der Waals surface area contributed by atoms with E-state index in [1.54, 1.807) is 24.7 Å². The fourth-order valence-corrected chi connectivity index (χ4v) is 2.36. The molecule has 1 aromatic rings. The van der Waals surface area contributed by atoms with E-state index in [0.29, 0.717) is 0 Å². The highest BCUT2D eigenvalue weighted by Gasteiger charge is 2.26. The largest absolute Gasteiger partial charge is 0.480 e. The number of carboxylic acids is 1. The lowest BCUT2D eigenvalue weighted by molar-refractivity contribution is -0.140. The van der Waals surface area contributed by atoms with E-state index in [0.717, 1.165) is 25.9 Å². The molecule has 1 unspecified atom stereocenters. The predicted molar refractivity (Wildman–Crippen MR) is 74.9 cm³/mol. The third-order valence-corrected chi connectivity index (χ3v) is 3.65. The van der Waals surface area contributed by atoms with Gasteiger partial charge in [0, 0.05) is 0 Å². The predicted octanol–water partition coefficient (Wildman–Crippen LogP) is 0.0416. The fourth-order valence-electron chi connectivity index (χ4n) is 2.36. The molecule has 0 aliphatic carbocycles. The van der Waals surface area contributed by atoms with Crippen LogP contribution in [0.5, 0.6) is 0 Å². The number of nitrogens with zero attached hydrogens (tertiary/aromatic N) is 3. The Kier molecular flexibility index (Phi) is 4.89. The Morgan fingerprint density at radius 3 is 2.67 bits per heavy atom. The standard InChI is InChI=1S/C13H21N5O3/c1-8(2)11(13(20)21)15-12(19)10-7-18(17-16-10)9-3-5-14-6-4-9/h7-9,11,14H,3-6H2,1-2H3,(H,15,19)(H,20,21). The number of carbonyl (C=O) groups excluding carboxylic acids is 1. The summed E-state index contributed by atoms with van der Waals surface area (Å²) in [5.41, 5.74) is 0.153. The molecule has 0 aromatic carbocycles. The second kappa shape index (κ2) is 6.66. The molecule has 1 amide bonds. The average Bonchev–Trinajstić information content (AvgIpc) is 2.94. The summed E-state index contributed by atoms with van der Waals surface area (Å²) in [5.74, 6) is -1.76. The maximum atomic E-state index is 12.1. The Morgan fingerprint density at radius 2 is 2.10 bits per heavy atom. The maximum absolute atomic E-state index is 12.1. The number of hydrogen-bond acceptors (Lipinski definition) is 5. The molecule has 1 aliphatic heterocycles. The van der Waals surface area contributed by atoms with Crippen molar-refractivity contribution in [2.45, 2.75) is 38.8 Å². The smallest absolute Gasteiger partial charge is 0.326 e. The van der Waals surface area contributed by atoms with Crippen LogP contribution in [0.3, 0.4) is 0 Å². The van der Waals surface area contributed by atoms with Gasteiger partial charge in [0.2, 0.25) is 0 Å². The molecule has 1 fully saturated rings. The molecular weight excluding hydrogens is 274 g/mol. The minimum absolute atomic E-state index is 0.153. The van der Waals surface area contributed by atoms with Gasteiger partial charge in [0.05, 0.1) is 12.2 Å². The van der Waals surface area contributed by atoms with E-state index >= 15 is 0 Å². The van der Waals surface area contributed by atoms with Crippen LogP contribution in [0.15, 0.2) is 6.20 Å². The summed E-state index contributed by atoms with van der Waals surface area (Å²) in [7, 11) is 0. The van der Waals surface area contributed by atoms with Gasteiger partial charge in [-0.3, -0.25) is 4.79 Å². The second-order valence-corrected chi connectivity index (χ2v) is 5.60. The summed E-state index contributed by atoms with van der Waals surface area (Å²) in [5, 5.41) is 22.7. The number of carboxylic acid groups (broad SMARTS) is 1. The number of hydrogen-bond donors (Lipinski definition) is 3. The topological polar surface area (TPSA) is 109 Å². The molecule has 0 bridgehead atoms. The molecular formula is C13H21N5O3. The molecule has 8 heteroatoms. The summed E-state index contributed by atoms with van der Waals surface area (Å²) in [6.45, 7) is 5.32. The van der Waals surface area contributed by atoms with Crippen LogP contribution in [-0.2, 0) is 4.79 Å². The minimum Gasteiger partial charge on any atom is -0.480 e. The Morgan fingerprint density at radius 1 is 1.43 bits per heavy atom. The molecule has 2 heterocycles. The van der Waals surface area contributed by atoms with Gasteiger partial charge in [-0.05, 0) is 31.8 Å². The quantitative estimate of drug-likeness (QED) is 0.707. The summed E-state index contributed by atoms with van der Waals surface area (Å²) in [6, 6.07) is -0.692. The Balaban J connectivity index is 2.02. The van der Waals surface area contributed by atoms with E-state index in [2.05, 4.69) is 20.9 Å². The first-order chi connectivity index (χ1) is 9.99. The van der Waals surface area contributed by atoms with E-state index in [4.69, 9.17) is 5.11 Å². The molecule has 21 heavy (non-hydrogen) atoms. The van der Waals surface area contributed by atoms with E-state index in [1.807, 2.05) is 0 Å². The van der Waals surface area contributed by atoms with Crippen molar-refractivity contribution in [2.75, 3.05) is 13.1 Å². The van der Waals surface area contributed by atoms with Crippen molar-refractivity contribution < 1.29 is 14.7 Å². The highest BCUT2D eigenvalue weighted by molar-refractivity contribution is 5.94. The molecule has 3 N–H and O–H groups in total. The van der Waals surface area contributed by atoms with Gasteiger partial charge in [-0.1, -0.05) is 19.1 Å². The van der Waals surface area contributed by atoms with Crippen LogP contribution < -0.4 is 10.6 Å². The first-order valence-corrected chi connectivity index (χ1v) is 7.15. The number of aliphatic carboxylic acids is 1. The van der Waals surface area contributed by atoms with Crippen LogP contribution in [0, 0.1) is 5.92 Å². The zero-order chi connectivity index (χ0) is 15.4. The van der Waals surface area contributed by atoms with Crippen molar-refractivity contribution in [1.82, 2.24) is 25.6 Å². The number of piperidine rings is 1. The Hall–Kier alpha value is -1.96. The first-order valence-electron chi connectivity index (χ1n) is 7.15. The van der Waals surface area contributed by atoms with Gasteiger partial charge in [0.15, 0.2) is 5.69 Å². The first kappa shape index (κ1) is 15.4. The molecule has 0 spiro atoms. The molecule has 116 valence electrons. The lowest BCUT2D eigenvalue weighted by atomic mass is 10.0. The molecule has 2 rings (SSSR count). The SMILES string of the molecule is CC(C)C(NC(=O)c1cn(C2CCNCC2)nn1)C(=O)O. The molecule has 0 saturated carbocycles. The zero-order valence-corrected chi connectivity index (χ0v) is 12.2. The normalized spacial score (nSPS) is 17.7. The fraction of sp³-hybridized carbons (Fsp3) is 0.692. The van der Waals surface area contributed by atoms with E-state index in [1.165, 1.54) is 0 Å². The van der Waals surface area contributed by atoms with Crippen molar-refractivity contribution >= 4 is 11.9 Å². The average molecular weight is 295 g/mol. The molecule has 1 aliphatic rings.